The normalized spacial score (nSPS) is 15.9. The van der Waals surface area contributed by atoms with Crippen LogP contribution >= 0.6 is 0 Å². The van der Waals surface area contributed by atoms with Gasteiger partial charge in [0, 0.05) is 5.56 Å². The molecule has 0 radical (unpaired) electrons. The Balaban J connectivity index is 2.16. The first-order valence-electron chi connectivity index (χ1n) is 12.0. The first-order chi connectivity index (χ1) is 15.4. The summed E-state index contributed by atoms with van der Waals surface area (Å²) in [5.74, 6) is -0.402. The van der Waals surface area contributed by atoms with Crippen molar-refractivity contribution in [3.8, 4) is 23.0 Å². The van der Waals surface area contributed by atoms with Gasteiger partial charge in [-0.05, 0) is 49.1 Å². The molecule has 3 aromatic carbocycles. The van der Waals surface area contributed by atoms with Crippen LogP contribution in [0.1, 0.15) is 43.2 Å². The van der Waals surface area contributed by atoms with E-state index in [1.54, 1.807) is 18.2 Å². The van der Waals surface area contributed by atoms with E-state index in [1.165, 1.54) is 6.92 Å². The summed E-state index contributed by atoms with van der Waals surface area (Å²) in [5, 5.41) is 0. The Hall–Kier alpha value is -2.74. The summed E-state index contributed by atoms with van der Waals surface area (Å²) in [7, 11) is 0. The number of rotatable bonds is 5. The molecule has 3 rings (SSSR count). The SMILES string of the molecule is [2H]c1c([2H])c([2H])c(Oc2cccc(Oc3c([2H])c([2H])c(C)c([2H])c3[2H])c2C(C)C)c([2H])c1[2H]. The molecular weight excluding hydrogens is 296 g/mol. The lowest BCUT2D eigenvalue weighted by Gasteiger charge is -2.18. The van der Waals surface area contributed by atoms with Crippen LogP contribution in [0.25, 0.3) is 0 Å². The fourth-order valence-corrected chi connectivity index (χ4v) is 2.19. The average molecular weight is 327 g/mol. The van der Waals surface area contributed by atoms with Crippen LogP contribution < -0.4 is 9.47 Å². The van der Waals surface area contributed by atoms with Crippen molar-refractivity contribution in [3.63, 3.8) is 0 Å². The van der Waals surface area contributed by atoms with Crippen LogP contribution in [0.15, 0.2) is 72.6 Å². The lowest BCUT2D eigenvalue weighted by molar-refractivity contribution is 0.444. The highest BCUT2D eigenvalue weighted by atomic mass is 16.5. The highest BCUT2D eigenvalue weighted by Gasteiger charge is 2.16. The number of ether oxygens (including phenoxy) is 2. The Morgan fingerprint density at radius 2 is 1.33 bits per heavy atom. The summed E-state index contributed by atoms with van der Waals surface area (Å²) in [4.78, 5) is 0. The van der Waals surface area contributed by atoms with Crippen molar-refractivity contribution < 1.29 is 21.8 Å². The number of hydrogen-bond donors (Lipinski definition) is 0. The minimum absolute atomic E-state index is 0.184. The molecular formula is C22H22O2. The van der Waals surface area contributed by atoms with Gasteiger partial charge in [0.1, 0.15) is 23.0 Å². The van der Waals surface area contributed by atoms with E-state index >= 15 is 0 Å². The molecule has 122 valence electrons. The molecule has 2 nitrogen and oxygen atoms in total. The number of para-hydroxylation sites is 1. The monoisotopic (exact) mass is 327 g/mol. The molecule has 0 bridgehead atoms. The quantitative estimate of drug-likeness (QED) is 0.519. The number of hydrogen-bond acceptors (Lipinski definition) is 2. The highest BCUT2D eigenvalue weighted by Crippen LogP contribution is 2.39. The molecule has 0 aliphatic rings. The summed E-state index contributed by atoms with van der Waals surface area (Å²) in [5.41, 5.74) is 0.682. The summed E-state index contributed by atoms with van der Waals surface area (Å²) in [6.07, 6.45) is 0. The Kier molecular flexibility index (Phi) is 2.52. The molecule has 0 saturated heterocycles. The van der Waals surface area contributed by atoms with Gasteiger partial charge in [-0.3, -0.25) is 0 Å². The van der Waals surface area contributed by atoms with Gasteiger partial charge in [0.15, 0.2) is 0 Å². The molecule has 0 amide bonds. The minimum Gasteiger partial charge on any atom is -0.457 e. The molecule has 0 saturated carbocycles. The molecule has 0 fully saturated rings. The smallest absolute Gasteiger partial charge is 0.134 e. The first kappa shape index (κ1) is 8.39. The maximum atomic E-state index is 8.20. The second kappa shape index (κ2) is 7.22. The van der Waals surface area contributed by atoms with E-state index in [0.29, 0.717) is 5.56 Å². The summed E-state index contributed by atoms with van der Waals surface area (Å²) in [6, 6.07) is 1.12. The van der Waals surface area contributed by atoms with E-state index in [0.717, 1.165) is 0 Å². The van der Waals surface area contributed by atoms with E-state index < -0.39 is 30.2 Å². The molecule has 0 aliphatic heterocycles. The zero-order valence-corrected chi connectivity index (χ0v) is 13.6. The van der Waals surface area contributed by atoms with E-state index in [9.17, 15) is 0 Å². The van der Waals surface area contributed by atoms with Gasteiger partial charge in [0.05, 0.1) is 12.3 Å². The Labute approximate surface area is 156 Å². The molecule has 0 aliphatic carbocycles. The van der Waals surface area contributed by atoms with Crippen molar-refractivity contribution in [1.29, 1.82) is 0 Å². The summed E-state index contributed by atoms with van der Waals surface area (Å²) in [6.45, 7) is 5.17. The molecule has 0 spiro atoms. The molecule has 0 atom stereocenters. The fourth-order valence-electron chi connectivity index (χ4n) is 2.19. The van der Waals surface area contributed by atoms with Gasteiger partial charge in [-0.25, -0.2) is 0 Å². The van der Waals surface area contributed by atoms with E-state index in [4.69, 9.17) is 21.8 Å². The van der Waals surface area contributed by atoms with Crippen LogP contribution in [0.4, 0.5) is 0 Å². The summed E-state index contributed by atoms with van der Waals surface area (Å²) < 4.78 is 83.8. The van der Waals surface area contributed by atoms with Crippen LogP contribution in [0.5, 0.6) is 23.0 Å². The Bertz CT molecular complexity index is 1110. The Morgan fingerprint density at radius 3 is 1.88 bits per heavy atom. The highest BCUT2D eigenvalue weighted by molar-refractivity contribution is 5.50. The summed E-state index contributed by atoms with van der Waals surface area (Å²) >= 11 is 0. The number of benzene rings is 3. The molecule has 0 N–H and O–H groups in total. The standard InChI is InChI=1S/C22H22O2/c1-16(2)22-20(23-18-8-5-4-6-9-18)10-7-11-21(22)24-19-14-12-17(3)13-15-19/h4-16H,1-3H3/i4D,5D,6D,8D,9D,12D,13D,14D,15D. The van der Waals surface area contributed by atoms with E-state index in [-0.39, 0.29) is 58.6 Å². The van der Waals surface area contributed by atoms with Crippen LogP contribution in [-0.4, -0.2) is 0 Å². The molecule has 2 heteroatoms. The zero-order chi connectivity index (χ0) is 24.8. The first-order valence-corrected chi connectivity index (χ1v) is 7.50. The lowest BCUT2D eigenvalue weighted by Crippen LogP contribution is -1.98. The second-order valence-corrected chi connectivity index (χ2v) is 5.44. The molecule has 0 unspecified atom stereocenters. The fraction of sp³-hybridized carbons (Fsp3) is 0.182. The van der Waals surface area contributed by atoms with Crippen LogP contribution in [0, 0.1) is 6.92 Å². The van der Waals surface area contributed by atoms with E-state index in [1.807, 2.05) is 13.8 Å². The van der Waals surface area contributed by atoms with Crippen molar-refractivity contribution in [2.45, 2.75) is 26.7 Å². The predicted octanol–water partition coefficient (Wildman–Crippen LogP) is 6.70. The van der Waals surface area contributed by atoms with Crippen molar-refractivity contribution in [3.05, 3.63) is 83.7 Å². The van der Waals surface area contributed by atoms with Crippen LogP contribution in [0.3, 0.4) is 0 Å². The third-order valence-corrected chi connectivity index (χ3v) is 3.23. The van der Waals surface area contributed by atoms with Gasteiger partial charge in [0.25, 0.3) is 0 Å². The van der Waals surface area contributed by atoms with Crippen LogP contribution in [0.2, 0.25) is 0 Å². The van der Waals surface area contributed by atoms with Gasteiger partial charge in [-0.2, -0.15) is 0 Å². The van der Waals surface area contributed by atoms with Gasteiger partial charge in [-0.15, -0.1) is 0 Å². The van der Waals surface area contributed by atoms with Gasteiger partial charge in [-0.1, -0.05) is 55.7 Å². The molecule has 0 aromatic heterocycles. The Morgan fingerprint density at radius 1 is 0.792 bits per heavy atom. The largest absolute Gasteiger partial charge is 0.457 e. The molecule has 0 heterocycles. The van der Waals surface area contributed by atoms with Crippen molar-refractivity contribution in [1.82, 2.24) is 0 Å². The van der Waals surface area contributed by atoms with Gasteiger partial charge < -0.3 is 9.47 Å². The second-order valence-electron chi connectivity index (χ2n) is 5.44. The van der Waals surface area contributed by atoms with Crippen molar-refractivity contribution >= 4 is 0 Å². The van der Waals surface area contributed by atoms with Crippen molar-refractivity contribution in [2.75, 3.05) is 0 Å². The van der Waals surface area contributed by atoms with Gasteiger partial charge in [0.2, 0.25) is 0 Å². The van der Waals surface area contributed by atoms with Gasteiger partial charge >= 0.3 is 0 Å². The third kappa shape index (κ3) is 3.77. The zero-order valence-electron chi connectivity index (χ0n) is 22.6. The maximum Gasteiger partial charge on any atom is 0.134 e. The average Bonchev–Trinajstić information content (AvgIpc) is 2.79. The van der Waals surface area contributed by atoms with E-state index in [2.05, 4.69) is 0 Å². The minimum atomic E-state index is -0.527. The van der Waals surface area contributed by atoms with Crippen molar-refractivity contribution in [2.24, 2.45) is 0 Å². The predicted molar refractivity (Wildman–Crippen MR) is 98.3 cm³/mol. The maximum absolute atomic E-state index is 8.20. The lowest BCUT2D eigenvalue weighted by atomic mass is 10.0. The molecule has 24 heavy (non-hydrogen) atoms. The third-order valence-electron chi connectivity index (χ3n) is 3.23. The topological polar surface area (TPSA) is 18.5 Å². The molecule has 3 aromatic rings. The van der Waals surface area contributed by atoms with Crippen LogP contribution in [-0.2, 0) is 0 Å².